The highest BCUT2D eigenvalue weighted by molar-refractivity contribution is 9.10. The molecule has 1 saturated heterocycles. The Hall–Kier alpha value is -1.86. The maximum absolute atomic E-state index is 12.3. The molecule has 1 fully saturated rings. The number of carbonyl (C=O) groups excluding carboxylic acids is 1. The molecule has 1 amide bonds. The summed E-state index contributed by atoms with van der Waals surface area (Å²) in [4.78, 5) is 13.8. The van der Waals surface area contributed by atoms with Gasteiger partial charge in [-0.2, -0.15) is 0 Å². The standard InChI is InChI=1S/C17H19BrN2O3S/c1-4-7-23-15-12(18)8-11(10-14(15)22-6-3)9-13-16(21)20(5-2)17(24)19-13/h4,8-10H,1,5-7H2,2-3H3,(H,19,24)/b13-9-. The summed E-state index contributed by atoms with van der Waals surface area (Å²) in [6.07, 6.45) is 3.41. The largest absolute Gasteiger partial charge is 0.490 e. The molecular weight excluding hydrogens is 392 g/mol. The summed E-state index contributed by atoms with van der Waals surface area (Å²) in [5, 5.41) is 3.36. The summed E-state index contributed by atoms with van der Waals surface area (Å²) in [5.74, 6) is 1.07. The number of hydrogen-bond acceptors (Lipinski definition) is 4. The summed E-state index contributed by atoms with van der Waals surface area (Å²) in [7, 11) is 0. The van der Waals surface area contributed by atoms with Gasteiger partial charge in [-0.25, -0.2) is 0 Å². The van der Waals surface area contributed by atoms with Crippen molar-refractivity contribution in [3.63, 3.8) is 0 Å². The zero-order valence-electron chi connectivity index (χ0n) is 13.6. The number of nitrogens with one attached hydrogen (secondary N) is 1. The number of benzene rings is 1. The Morgan fingerprint density at radius 3 is 2.71 bits per heavy atom. The van der Waals surface area contributed by atoms with Gasteiger partial charge in [-0.3, -0.25) is 9.69 Å². The normalized spacial score (nSPS) is 15.6. The van der Waals surface area contributed by atoms with Crippen molar-refractivity contribution >= 4 is 45.2 Å². The van der Waals surface area contributed by atoms with Crippen LogP contribution in [0.3, 0.4) is 0 Å². The summed E-state index contributed by atoms with van der Waals surface area (Å²) < 4.78 is 12.0. The van der Waals surface area contributed by atoms with Gasteiger partial charge in [-0.05, 0) is 65.8 Å². The van der Waals surface area contributed by atoms with E-state index in [1.807, 2.05) is 26.0 Å². The Bertz CT molecular complexity index is 703. The van der Waals surface area contributed by atoms with Gasteiger partial charge in [-0.15, -0.1) is 0 Å². The number of nitrogens with zero attached hydrogens (tertiary/aromatic N) is 1. The van der Waals surface area contributed by atoms with E-state index in [2.05, 4.69) is 27.8 Å². The molecule has 1 aromatic carbocycles. The Kier molecular flexibility index (Phi) is 6.39. The van der Waals surface area contributed by atoms with E-state index in [0.717, 1.165) is 10.0 Å². The van der Waals surface area contributed by atoms with Gasteiger partial charge < -0.3 is 14.8 Å². The van der Waals surface area contributed by atoms with Gasteiger partial charge in [0.05, 0.1) is 11.1 Å². The maximum atomic E-state index is 12.3. The van der Waals surface area contributed by atoms with E-state index in [-0.39, 0.29) is 5.91 Å². The number of thiocarbonyl (C=S) groups is 1. The third kappa shape index (κ3) is 3.96. The monoisotopic (exact) mass is 410 g/mol. The first-order valence-electron chi connectivity index (χ1n) is 7.56. The Morgan fingerprint density at radius 2 is 2.12 bits per heavy atom. The molecule has 1 N–H and O–H groups in total. The first-order chi connectivity index (χ1) is 11.5. The highest BCUT2D eigenvalue weighted by atomic mass is 79.9. The predicted molar refractivity (Wildman–Crippen MR) is 102 cm³/mol. The van der Waals surface area contributed by atoms with Gasteiger partial charge in [0.15, 0.2) is 16.6 Å². The van der Waals surface area contributed by atoms with Gasteiger partial charge in [-0.1, -0.05) is 12.7 Å². The Morgan fingerprint density at radius 1 is 1.38 bits per heavy atom. The fraction of sp³-hybridized carbons (Fsp3) is 0.294. The van der Waals surface area contributed by atoms with E-state index in [0.29, 0.717) is 42.1 Å². The van der Waals surface area contributed by atoms with Crippen LogP contribution in [0.2, 0.25) is 0 Å². The minimum Gasteiger partial charge on any atom is -0.490 e. The minimum atomic E-state index is -0.136. The van der Waals surface area contributed by atoms with Gasteiger partial charge >= 0.3 is 0 Å². The molecule has 1 aliphatic rings. The van der Waals surface area contributed by atoms with E-state index in [4.69, 9.17) is 21.7 Å². The number of halogens is 1. The summed E-state index contributed by atoms with van der Waals surface area (Å²) >= 11 is 8.65. The quantitative estimate of drug-likeness (QED) is 0.423. The molecular formula is C17H19BrN2O3S. The highest BCUT2D eigenvalue weighted by Crippen LogP contribution is 2.37. The average Bonchev–Trinajstić information content (AvgIpc) is 2.80. The van der Waals surface area contributed by atoms with E-state index >= 15 is 0 Å². The van der Waals surface area contributed by atoms with Crippen molar-refractivity contribution in [3.8, 4) is 11.5 Å². The van der Waals surface area contributed by atoms with Crippen molar-refractivity contribution in [3.05, 3.63) is 40.5 Å². The second-order valence-corrected chi connectivity index (χ2v) is 6.14. The van der Waals surface area contributed by atoms with Crippen LogP contribution in [-0.2, 0) is 4.79 Å². The van der Waals surface area contributed by atoms with Crippen LogP contribution in [0.5, 0.6) is 11.5 Å². The smallest absolute Gasteiger partial charge is 0.276 e. The van der Waals surface area contributed by atoms with Crippen LogP contribution in [0.4, 0.5) is 0 Å². The van der Waals surface area contributed by atoms with Gasteiger partial charge in [0.25, 0.3) is 5.91 Å². The van der Waals surface area contributed by atoms with E-state index in [9.17, 15) is 4.79 Å². The van der Waals surface area contributed by atoms with Crippen LogP contribution < -0.4 is 14.8 Å². The molecule has 0 aliphatic carbocycles. The van der Waals surface area contributed by atoms with E-state index in [1.54, 1.807) is 12.2 Å². The molecule has 0 atom stereocenters. The van der Waals surface area contributed by atoms with Gasteiger partial charge in [0.2, 0.25) is 0 Å². The molecule has 0 aromatic heterocycles. The summed E-state index contributed by atoms with van der Waals surface area (Å²) in [5.41, 5.74) is 1.24. The fourth-order valence-electron chi connectivity index (χ4n) is 2.24. The van der Waals surface area contributed by atoms with Gasteiger partial charge in [0, 0.05) is 6.54 Å². The molecule has 24 heavy (non-hydrogen) atoms. The number of likely N-dealkylation sites (N-methyl/N-ethyl adjacent to an activating group) is 1. The van der Waals surface area contributed by atoms with E-state index in [1.165, 1.54) is 4.90 Å². The van der Waals surface area contributed by atoms with Crippen LogP contribution in [0.1, 0.15) is 19.4 Å². The average molecular weight is 411 g/mol. The molecule has 1 aromatic rings. The number of carbonyl (C=O) groups is 1. The van der Waals surface area contributed by atoms with Crippen molar-refractivity contribution in [2.24, 2.45) is 0 Å². The number of rotatable bonds is 7. The molecule has 1 heterocycles. The first kappa shape index (κ1) is 18.5. The van der Waals surface area contributed by atoms with Crippen molar-refractivity contribution in [1.29, 1.82) is 0 Å². The molecule has 0 spiro atoms. The number of ether oxygens (including phenoxy) is 2. The molecule has 0 bridgehead atoms. The minimum absolute atomic E-state index is 0.136. The lowest BCUT2D eigenvalue weighted by molar-refractivity contribution is -0.122. The second-order valence-electron chi connectivity index (χ2n) is 4.90. The zero-order valence-corrected chi connectivity index (χ0v) is 16.0. The molecule has 7 heteroatoms. The predicted octanol–water partition coefficient (Wildman–Crippen LogP) is 3.49. The van der Waals surface area contributed by atoms with Gasteiger partial charge in [0.1, 0.15) is 12.3 Å². The Labute approximate surface area is 155 Å². The lowest BCUT2D eigenvalue weighted by Crippen LogP contribution is -2.30. The third-order valence-corrected chi connectivity index (χ3v) is 4.18. The highest BCUT2D eigenvalue weighted by Gasteiger charge is 2.29. The van der Waals surface area contributed by atoms with Crippen molar-refractivity contribution in [2.45, 2.75) is 13.8 Å². The lowest BCUT2D eigenvalue weighted by atomic mass is 10.1. The molecule has 128 valence electrons. The second kappa shape index (κ2) is 8.30. The third-order valence-electron chi connectivity index (χ3n) is 3.27. The van der Waals surface area contributed by atoms with Crippen LogP contribution in [0.15, 0.2) is 35.0 Å². The van der Waals surface area contributed by atoms with Crippen molar-refractivity contribution in [2.75, 3.05) is 19.8 Å². The van der Waals surface area contributed by atoms with Crippen molar-refractivity contribution in [1.82, 2.24) is 10.2 Å². The van der Waals surface area contributed by atoms with Crippen LogP contribution in [-0.4, -0.2) is 35.7 Å². The first-order valence-corrected chi connectivity index (χ1v) is 8.76. The summed E-state index contributed by atoms with van der Waals surface area (Å²) in [6, 6.07) is 3.69. The lowest BCUT2D eigenvalue weighted by Gasteiger charge is -2.14. The summed E-state index contributed by atoms with van der Waals surface area (Å²) in [6.45, 7) is 8.83. The molecule has 0 saturated carbocycles. The van der Waals surface area contributed by atoms with Crippen LogP contribution in [0, 0.1) is 0 Å². The topological polar surface area (TPSA) is 50.8 Å². The van der Waals surface area contributed by atoms with E-state index < -0.39 is 0 Å². The molecule has 0 radical (unpaired) electrons. The SMILES string of the molecule is C=CCOc1c(Br)cc(/C=C2\NC(=S)N(CC)C2=O)cc1OCC. The Balaban J connectivity index is 2.38. The fourth-order valence-corrected chi connectivity index (χ4v) is 3.14. The maximum Gasteiger partial charge on any atom is 0.276 e. The number of hydrogen-bond donors (Lipinski definition) is 1. The van der Waals surface area contributed by atoms with Crippen molar-refractivity contribution < 1.29 is 14.3 Å². The number of amides is 1. The molecule has 1 aliphatic heterocycles. The zero-order chi connectivity index (χ0) is 17.7. The van der Waals surface area contributed by atoms with Crippen LogP contribution in [0.25, 0.3) is 6.08 Å². The molecule has 0 unspecified atom stereocenters. The van der Waals surface area contributed by atoms with Crippen LogP contribution >= 0.6 is 28.1 Å². The molecule has 5 nitrogen and oxygen atoms in total. The molecule has 2 rings (SSSR count).